The summed E-state index contributed by atoms with van der Waals surface area (Å²) in [6.07, 6.45) is 0. The molecule has 1 N–H and O–H groups in total. The number of carbonyl (C=O) groups excluding carboxylic acids is 1. The highest BCUT2D eigenvalue weighted by molar-refractivity contribution is 7.14. The second-order valence-electron chi connectivity index (χ2n) is 6.16. The van der Waals surface area contributed by atoms with Crippen molar-refractivity contribution in [1.82, 2.24) is 4.98 Å². The predicted octanol–water partition coefficient (Wildman–Crippen LogP) is 4.55. The Bertz CT molecular complexity index is 936. The third-order valence-electron chi connectivity index (χ3n) is 4.30. The average molecular weight is 400 g/mol. The Balaban J connectivity index is 1.44. The van der Waals surface area contributed by atoms with E-state index < -0.39 is 0 Å². The zero-order chi connectivity index (χ0) is 18.6. The number of nitrogens with zero attached hydrogens (tertiary/aromatic N) is 2. The van der Waals surface area contributed by atoms with Gasteiger partial charge in [-0.1, -0.05) is 29.8 Å². The van der Waals surface area contributed by atoms with Crippen molar-refractivity contribution in [1.29, 1.82) is 0 Å². The molecule has 0 radical (unpaired) electrons. The maximum absolute atomic E-state index is 12.3. The standard InChI is InChI=1S/C20H18ClN3O2S/c21-16-3-1-2-15(12-16)19(25)22-17-6-4-14(5-7-17)18-13-27-20(23-18)24-8-10-26-11-9-24/h1-7,12-13H,8-11H2,(H,22,25). The van der Waals surface area contributed by atoms with Crippen LogP contribution in [0.3, 0.4) is 0 Å². The number of anilines is 2. The lowest BCUT2D eigenvalue weighted by Gasteiger charge is -2.26. The minimum atomic E-state index is -0.187. The van der Waals surface area contributed by atoms with Crippen LogP contribution in [0.1, 0.15) is 10.4 Å². The van der Waals surface area contributed by atoms with Crippen LogP contribution in [-0.4, -0.2) is 37.2 Å². The number of benzene rings is 2. The fourth-order valence-corrected chi connectivity index (χ4v) is 3.93. The van der Waals surface area contributed by atoms with Crippen molar-refractivity contribution in [3.05, 3.63) is 64.5 Å². The molecule has 3 aromatic rings. The van der Waals surface area contributed by atoms with E-state index in [0.717, 1.165) is 48.4 Å². The Morgan fingerprint density at radius 1 is 1.15 bits per heavy atom. The summed E-state index contributed by atoms with van der Waals surface area (Å²) in [5.41, 5.74) is 3.22. The molecule has 27 heavy (non-hydrogen) atoms. The van der Waals surface area contributed by atoms with Gasteiger partial charge < -0.3 is 15.0 Å². The topological polar surface area (TPSA) is 54.5 Å². The van der Waals surface area contributed by atoms with Crippen LogP contribution in [0.2, 0.25) is 5.02 Å². The minimum Gasteiger partial charge on any atom is -0.378 e. The van der Waals surface area contributed by atoms with Crippen molar-refractivity contribution < 1.29 is 9.53 Å². The Morgan fingerprint density at radius 3 is 2.67 bits per heavy atom. The monoisotopic (exact) mass is 399 g/mol. The molecule has 1 amide bonds. The molecule has 2 aromatic carbocycles. The van der Waals surface area contributed by atoms with Crippen LogP contribution in [0.25, 0.3) is 11.3 Å². The lowest BCUT2D eigenvalue weighted by Crippen LogP contribution is -2.36. The highest BCUT2D eigenvalue weighted by Gasteiger charge is 2.15. The molecule has 0 bridgehead atoms. The normalized spacial score (nSPS) is 14.2. The molecule has 7 heteroatoms. The Morgan fingerprint density at radius 2 is 1.93 bits per heavy atom. The van der Waals surface area contributed by atoms with E-state index >= 15 is 0 Å². The number of halogens is 1. The maximum Gasteiger partial charge on any atom is 0.255 e. The van der Waals surface area contributed by atoms with Gasteiger partial charge in [-0.2, -0.15) is 0 Å². The Kier molecular flexibility index (Phi) is 5.38. The summed E-state index contributed by atoms with van der Waals surface area (Å²) in [6.45, 7) is 3.24. The van der Waals surface area contributed by atoms with Gasteiger partial charge in [0, 0.05) is 40.3 Å². The van der Waals surface area contributed by atoms with E-state index in [-0.39, 0.29) is 5.91 Å². The summed E-state index contributed by atoms with van der Waals surface area (Å²) in [5.74, 6) is -0.187. The van der Waals surface area contributed by atoms with Gasteiger partial charge in [0.05, 0.1) is 18.9 Å². The average Bonchev–Trinajstić information content (AvgIpc) is 3.19. The van der Waals surface area contributed by atoms with E-state index in [4.69, 9.17) is 21.3 Å². The van der Waals surface area contributed by atoms with E-state index in [1.165, 1.54) is 0 Å². The molecule has 1 saturated heterocycles. The van der Waals surface area contributed by atoms with Gasteiger partial charge in [0.2, 0.25) is 0 Å². The van der Waals surface area contributed by atoms with Crippen molar-refractivity contribution in [3.8, 4) is 11.3 Å². The molecular weight excluding hydrogens is 382 g/mol. The first-order valence-electron chi connectivity index (χ1n) is 8.64. The maximum atomic E-state index is 12.3. The van der Waals surface area contributed by atoms with Crippen LogP contribution in [-0.2, 0) is 4.74 Å². The number of amides is 1. The van der Waals surface area contributed by atoms with Crippen LogP contribution in [0, 0.1) is 0 Å². The highest BCUT2D eigenvalue weighted by Crippen LogP contribution is 2.28. The Labute approximate surface area is 166 Å². The van der Waals surface area contributed by atoms with Gasteiger partial charge in [0.15, 0.2) is 5.13 Å². The van der Waals surface area contributed by atoms with E-state index in [9.17, 15) is 4.79 Å². The van der Waals surface area contributed by atoms with E-state index in [2.05, 4.69) is 15.6 Å². The summed E-state index contributed by atoms with van der Waals surface area (Å²) in [6, 6.07) is 14.6. The number of rotatable bonds is 4. The van der Waals surface area contributed by atoms with E-state index in [1.807, 2.05) is 24.3 Å². The number of nitrogens with one attached hydrogen (secondary N) is 1. The first kappa shape index (κ1) is 18.0. The van der Waals surface area contributed by atoms with Crippen LogP contribution in [0.15, 0.2) is 53.9 Å². The first-order valence-corrected chi connectivity index (χ1v) is 9.90. The number of thiazole rings is 1. The summed E-state index contributed by atoms with van der Waals surface area (Å²) in [5, 5.41) is 6.50. The highest BCUT2D eigenvalue weighted by atomic mass is 35.5. The number of morpholine rings is 1. The molecule has 0 spiro atoms. The zero-order valence-electron chi connectivity index (χ0n) is 14.5. The van der Waals surface area contributed by atoms with Gasteiger partial charge in [0.1, 0.15) is 0 Å². The molecular formula is C20H18ClN3O2S. The molecule has 4 rings (SSSR count). The quantitative estimate of drug-likeness (QED) is 0.699. The Hall–Kier alpha value is -2.41. The predicted molar refractivity (Wildman–Crippen MR) is 110 cm³/mol. The summed E-state index contributed by atoms with van der Waals surface area (Å²) in [7, 11) is 0. The number of hydrogen-bond acceptors (Lipinski definition) is 5. The molecule has 1 fully saturated rings. The molecule has 5 nitrogen and oxygen atoms in total. The van der Waals surface area contributed by atoms with Gasteiger partial charge in [0.25, 0.3) is 5.91 Å². The molecule has 1 aromatic heterocycles. The van der Waals surface area contributed by atoms with Crippen LogP contribution in [0.5, 0.6) is 0 Å². The number of carbonyl (C=O) groups is 1. The number of aromatic nitrogens is 1. The van der Waals surface area contributed by atoms with Crippen molar-refractivity contribution in [2.45, 2.75) is 0 Å². The van der Waals surface area contributed by atoms with Crippen LogP contribution < -0.4 is 10.2 Å². The van der Waals surface area contributed by atoms with Gasteiger partial charge in [-0.05, 0) is 30.3 Å². The molecule has 0 aliphatic carbocycles. The largest absolute Gasteiger partial charge is 0.378 e. The number of ether oxygens (including phenoxy) is 1. The third kappa shape index (κ3) is 4.30. The van der Waals surface area contributed by atoms with E-state index in [0.29, 0.717) is 10.6 Å². The first-order chi connectivity index (χ1) is 13.2. The summed E-state index contributed by atoms with van der Waals surface area (Å²) < 4.78 is 5.39. The van der Waals surface area contributed by atoms with Gasteiger partial charge in [-0.3, -0.25) is 4.79 Å². The summed E-state index contributed by atoms with van der Waals surface area (Å²) in [4.78, 5) is 19.3. The van der Waals surface area contributed by atoms with Gasteiger partial charge in [-0.15, -0.1) is 11.3 Å². The molecule has 1 aliphatic rings. The fourth-order valence-electron chi connectivity index (χ4n) is 2.85. The van der Waals surface area contributed by atoms with Crippen molar-refractivity contribution >= 4 is 39.7 Å². The molecule has 1 aliphatic heterocycles. The van der Waals surface area contributed by atoms with Gasteiger partial charge >= 0.3 is 0 Å². The van der Waals surface area contributed by atoms with Crippen molar-refractivity contribution in [3.63, 3.8) is 0 Å². The third-order valence-corrected chi connectivity index (χ3v) is 5.44. The van der Waals surface area contributed by atoms with E-state index in [1.54, 1.807) is 35.6 Å². The summed E-state index contributed by atoms with van der Waals surface area (Å²) >= 11 is 7.58. The van der Waals surface area contributed by atoms with Crippen molar-refractivity contribution in [2.24, 2.45) is 0 Å². The molecule has 0 unspecified atom stereocenters. The molecule has 0 atom stereocenters. The lowest BCUT2D eigenvalue weighted by molar-refractivity contribution is 0.102. The van der Waals surface area contributed by atoms with Crippen LogP contribution in [0.4, 0.5) is 10.8 Å². The van der Waals surface area contributed by atoms with Gasteiger partial charge in [-0.25, -0.2) is 4.98 Å². The molecule has 0 saturated carbocycles. The SMILES string of the molecule is O=C(Nc1ccc(-c2csc(N3CCOCC3)n2)cc1)c1cccc(Cl)c1. The van der Waals surface area contributed by atoms with Crippen molar-refractivity contribution in [2.75, 3.05) is 36.5 Å². The van der Waals surface area contributed by atoms with Crippen LogP contribution >= 0.6 is 22.9 Å². The second-order valence-corrected chi connectivity index (χ2v) is 7.43. The lowest BCUT2D eigenvalue weighted by atomic mass is 10.1. The molecule has 2 heterocycles. The minimum absolute atomic E-state index is 0.187. The number of hydrogen-bond donors (Lipinski definition) is 1. The zero-order valence-corrected chi connectivity index (χ0v) is 16.1. The fraction of sp³-hybridized carbons (Fsp3) is 0.200. The second kappa shape index (κ2) is 8.08. The molecule has 138 valence electrons. The smallest absolute Gasteiger partial charge is 0.255 e.